The van der Waals surface area contributed by atoms with Gasteiger partial charge in [-0.15, -0.1) is 10.2 Å². The summed E-state index contributed by atoms with van der Waals surface area (Å²) < 4.78 is 6.17. The summed E-state index contributed by atoms with van der Waals surface area (Å²) in [4.78, 5) is 10.9. The van der Waals surface area contributed by atoms with Crippen molar-refractivity contribution >= 4 is 34.2 Å². The third-order valence-corrected chi connectivity index (χ3v) is 3.10. The summed E-state index contributed by atoms with van der Waals surface area (Å²) in [5.74, 6) is -0.119. The Morgan fingerprint density at radius 2 is 2.10 bits per heavy atom. The fourth-order valence-corrected chi connectivity index (χ4v) is 2.15. The van der Waals surface area contributed by atoms with E-state index in [4.69, 9.17) is 21.5 Å². The molecular formula is C12H8IN5O2. The Hall–Kier alpha value is -2.41. The van der Waals surface area contributed by atoms with E-state index in [0.717, 1.165) is 0 Å². The Morgan fingerprint density at radius 3 is 2.60 bits per heavy atom. The summed E-state index contributed by atoms with van der Waals surface area (Å²) in [7, 11) is 0. The fraction of sp³-hybridized carbons (Fsp3) is 0. The van der Waals surface area contributed by atoms with Crippen LogP contribution in [-0.4, -0.2) is 16.1 Å². The van der Waals surface area contributed by atoms with Crippen molar-refractivity contribution in [3.63, 3.8) is 0 Å². The number of rotatable bonds is 3. The van der Waals surface area contributed by atoms with Crippen LogP contribution in [0.4, 0.5) is 5.69 Å². The molecule has 0 aliphatic carbocycles. The molecule has 0 unspecified atom stereocenters. The van der Waals surface area contributed by atoms with Gasteiger partial charge in [-0.25, -0.2) is 0 Å². The van der Waals surface area contributed by atoms with Crippen molar-refractivity contribution in [3.05, 3.63) is 39.1 Å². The fourth-order valence-electron chi connectivity index (χ4n) is 1.40. The van der Waals surface area contributed by atoms with E-state index in [1.807, 2.05) is 28.7 Å². The van der Waals surface area contributed by atoms with Gasteiger partial charge >= 0.3 is 0 Å². The van der Waals surface area contributed by atoms with Gasteiger partial charge in [0.25, 0.3) is 5.91 Å². The van der Waals surface area contributed by atoms with E-state index < -0.39 is 5.91 Å². The Balaban J connectivity index is 2.31. The highest BCUT2D eigenvalue weighted by molar-refractivity contribution is 14.1. The van der Waals surface area contributed by atoms with Crippen LogP contribution in [0.15, 0.2) is 24.3 Å². The lowest BCUT2D eigenvalue weighted by atomic mass is 10.2. The molecule has 1 aromatic heterocycles. The van der Waals surface area contributed by atoms with E-state index >= 15 is 0 Å². The predicted octanol–water partition coefficient (Wildman–Crippen LogP) is 1.43. The quantitative estimate of drug-likeness (QED) is 0.612. The van der Waals surface area contributed by atoms with Crippen molar-refractivity contribution in [3.8, 4) is 17.7 Å². The molecule has 1 amide bonds. The molecule has 8 heteroatoms. The molecule has 1 aromatic carbocycles. The van der Waals surface area contributed by atoms with Crippen LogP contribution in [0.2, 0.25) is 0 Å². The van der Waals surface area contributed by atoms with Crippen molar-refractivity contribution in [1.82, 2.24) is 10.2 Å². The number of aromatic nitrogens is 2. The Bertz CT molecular complexity index is 686. The van der Waals surface area contributed by atoms with Crippen LogP contribution in [0.3, 0.4) is 0 Å². The number of carbonyl (C=O) groups excluding carboxylic acids is 1. The molecule has 0 spiro atoms. The SMILES string of the molecule is N#Cc1cc(N)c(Oc2ccc(C(N)=O)nn2)c(I)c1. The average Bonchev–Trinajstić information content (AvgIpc) is 2.43. The first kappa shape index (κ1) is 14.0. The minimum absolute atomic E-state index is 0.0415. The number of benzene rings is 1. The van der Waals surface area contributed by atoms with Crippen LogP contribution in [0.1, 0.15) is 16.1 Å². The lowest BCUT2D eigenvalue weighted by molar-refractivity contribution is 0.0994. The highest BCUT2D eigenvalue weighted by Gasteiger charge is 2.11. The molecule has 0 radical (unpaired) electrons. The zero-order valence-electron chi connectivity index (χ0n) is 10.0. The van der Waals surface area contributed by atoms with Crippen LogP contribution in [-0.2, 0) is 0 Å². The lowest BCUT2D eigenvalue weighted by Crippen LogP contribution is -2.13. The average molecular weight is 381 g/mol. The molecule has 0 saturated carbocycles. The smallest absolute Gasteiger partial charge is 0.269 e. The number of primary amides is 1. The Labute approximate surface area is 127 Å². The summed E-state index contributed by atoms with van der Waals surface area (Å²) >= 11 is 2.00. The molecular weight excluding hydrogens is 373 g/mol. The Kier molecular flexibility index (Phi) is 3.99. The van der Waals surface area contributed by atoms with Gasteiger partial charge in [0.1, 0.15) is 0 Å². The van der Waals surface area contributed by atoms with Crippen molar-refractivity contribution < 1.29 is 9.53 Å². The molecule has 0 aliphatic rings. The normalized spacial score (nSPS) is 9.80. The van der Waals surface area contributed by atoms with E-state index in [9.17, 15) is 4.79 Å². The number of hydrogen-bond donors (Lipinski definition) is 2. The largest absolute Gasteiger partial charge is 0.434 e. The van der Waals surface area contributed by atoms with Crippen LogP contribution in [0, 0.1) is 14.9 Å². The van der Waals surface area contributed by atoms with Crippen LogP contribution in [0.25, 0.3) is 0 Å². The molecule has 4 N–H and O–H groups in total. The molecule has 100 valence electrons. The van der Waals surface area contributed by atoms with Gasteiger partial charge in [-0.1, -0.05) is 0 Å². The van der Waals surface area contributed by atoms with Gasteiger partial charge in [-0.3, -0.25) is 4.79 Å². The number of nitrogens with two attached hydrogens (primary N) is 2. The van der Waals surface area contributed by atoms with E-state index in [1.165, 1.54) is 18.2 Å². The minimum atomic E-state index is -0.670. The molecule has 20 heavy (non-hydrogen) atoms. The standard InChI is InChI=1S/C12H8IN5O2/c13-7-3-6(5-14)4-8(15)11(7)20-10-2-1-9(12(16)19)17-18-10/h1-4H,15H2,(H2,16,19). The molecule has 1 heterocycles. The number of carbonyl (C=O) groups is 1. The molecule has 0 aliphatic heterocycles. The maximum Gasteiger partial charge on any atom is 0.269 e. The van der Waals surface area contributed by atoms with Crippen LogP contribution in [0.5, 0.6) is 11.6 Å². The predicted molar refractivity (Wildman–Crippen MR) is 78.9 cm³/mol. The van der Waals surface area contributed by atoms with Gasteiger partial charge < -0.3 is 16.2 Å². The van der Waals surface area contributed by atoms with Gasteiger partial charge in [0.05, 0.1) is 20.9 Å². The van der Waals surface area contributed by atoms with Crippen molar-refractivity contribution in [2.45, 2.75) is 0 Å². The molecule has 0 fully saturated rings. The molecule has 7 nitrogen and oxygen atoms in total. The van der Waals surface area contributed by atoms with E-state index in [0.29, 0.717) is 20.6 Å². The summed E-state index contributed by atoms with van der Waals surface area (Å²) in [6.45, 7) is 0. The first-order valence-corrected chi connectivity index (χ1v) is 6.39. The zero-order chi connectivity index (χ0) is 14.7. The van der Waals surface area contributed by atoms with Crippen molar-refractivity contribution in [2.75, 3.05) is 5.73 Å². The third kappa shape index (κ3) is 2.94. The van der Waals surface area contributed by atoms with E-state index in [2.05, 4.69) is 10.2 Å². The second-order valence-corrected chi connectivity index (χ2v) is 4.87. The van der Waals surface area contributed by atoms with E-state index in [-0.39, 0.29) is 11.6 Å². The summed E-state index contributed by atoms with van der Waals surface area (Å²) in [6.07, 6.45) is 0. The van der Waals surface area contributed by atoms with Crippen molar-refractivity contribution in [2.24, 2.45) is 5.73 Å². The molecule has 0 atom stereocenters. The summed E-state index contributed by atoms with van der Waals surface area (Å²) in [6, 6.07) is 8.00. The number of halogens is 1. The number of nitrogen functional groups attached to an aromatic ring is 1. The number of nitrogens with zero attached hydrogens (tertiary/aromatic N) is 3. The summed E-state index contributed by atoms with van der Waals surface area (Å²) in [5.41, 5.74) is 11.7. The third-order valence-electron chi connectivity index (χ3n) is 2.30. The number of amides is 1. The minimum Gasteiger partial charge on any atom is -0.434 e. The second kappa shape index (κ2) is 5.70. The van der Waals surface area contributed by atoms with Gasteiger partial charge in [-0.05, 0) is 40.8 Å². The maximum absolute atomic E-state index is 10.9. The molecule has 0 saturated heterocycles. The number of nitriles is 1. The number of anilines is 1. The van der Waals surface area contributed by atoms with E-state index in [1.54, 1.807) is 6.07 Å². The first-order valence-electron chi connectivity index (χ1n) is 5.31. The Morgan fingerprint density at radius 1 is 1.35 bits per heavy atom. The second-order valence-electron chi connectivity index (χ2n) is 3.71. The highest BCUT2D eigenvalue weighted by atomic mass is 127. The van der Waals surface area contributed by atoms with Gasteiger partial charge in [0.15, 0.2) is 11.4 Å². The van der Waals surface area contributed by atoms with Crippen LogP contribution >= 0.6 is 22.6 Å². The molecule has 2 aromatic rings. The molecule has 2 rings (SSSR count). The summed E-state index contributed by atoms with van der Waals surface area (Å²) in [5, 5.41) is 16.2. The topological polar surface area (TPSA) is 128 Å². The monoisotopic (exact) mass is 381 g/mol. The zero-order valence-corrected chi connectivity index (χ0v) is 12.2. The molecule has 0 bridgehead atoms. The van der Waals surface area contributed by atoms with Gasteiger partial charge in [0.2, 0.25) is 5.88 Å². The van der Waals surface area contributed by atoms with Gasteiger partial charge in [-0.2, -0.15) is 5.26 Å². The van der Waals surface area contributed by atoms with Crippen molar-refractivity contribution in [1.29, 1.82) is 5.26 Å². The highest BCUT2D eigenvalue weighted by Crippen LogP contribution is 2.32. The maximum atomic E-state index is 10.9. The lowest BCUT2D eigenvalue weighted by Gasteiger charge is -2.09. The number of hydrogen-bond acceptors (Lipinski definition) is 6. The number of ether oxygens (including phenoxy) is 1. The first-order chi connectivity index (χ1) is 9.51. The van der Waals surface area contributed by atoms with Crippen LogP contribution < -0.4 is 16.2 Å². The van der Waals surface area contributed by atoms with Gasteiger partial charge in [0, 0.05) is 6.07 Å².